The number of amides is 1. The summed E-state index contributed by atoms with van der Waals surface area (Å²) in [6.07, 6.45) is 1.67. The maximum absolute atomic E-state index is 12.3. The van der Waals surface area contributed by atoms with Crippen LogP contribution in [0.3, 0.4) is 0 Å². The highest BCUT2D eigenvalue weighted by Crippen LogP contribution is 2.27. The van der Waals surface area contributed by atoms with Gasteiger partial charge in [-0.15, -0.1) is 11.3 Å². The zero-order valence-electron chi connectivity index (χ0n) is 13.0. The fourth-order valence-corrected chi connectivity index (χ4v) is 3.39. The Morgan fingerprint density at radius 1 is 1.29 bits per heavy atom. The van der Waals surface area contributed by atoms with E-state index in [2.05, 4.69) is 21.3 Å². The summed E-state index contributed by atoms with van der Waals surface area (Å²) in [6.45, 7) is 6.06. The molecule has 3 rings (SSSR count). The van der Waals surface area contributed by atoms with Crippen molar-refractivity contribution in [2.45, 2.75) is 6.92 Å². The standard InChI is InChI=1S/C17H15N3O2S2/c1-3-10-22-13-7-5-12(6-8-13)16(21)19-17-18-15(20-24-17)14-9-4-11(2)23-14/h3-9H,1,10H2,2H3,(H,18,19,20,21). The predicted molar refractivity (Wildman–Crippen MR) is 98.0 cm³/mol. The first-order chi connectivity index (χ1) is 11.7. The molecule has 5 nitrogen and oxygen atoms in total. The van der Waals surface area contributed by atoms with Crippen molar-refractivity contribution in [2.75, 3.05) is 11.9 Å². The van der Waals surface area contributed by atoms with Crippen molar-refractivity contribution >= 4 is 33.9 Å². The highest BCUT2D eigenvalue weighted by molar-refractivity contribution is 7.15. The molecule has 7 heteroatoms. The van der Waals surface area contributed by atoms with E-state index in [4.69, 9.17) is 4.74 Å². The van der Waals surface area contributed by atoms with Crippen molar-refractivity contribution in [3.8, 4) is 16.5 Å². The first-order valence-electron chi connectivity index (χ1n) is 7.21. The number of aromatic nitrogens is 2. The number of aryl methyl sites for hydroxylation is 1. The summed E-state index contributed by atoms with van der Waals surface area (Å²) in [5.41, 5.74) is 0.532. The molecule has 1 amide bonds. The molecule has 2 heterocycles. The van der Waals surface area contributed by atoms with Crippen LogP contribution in [0.2, 0.25) is 0 Å². The maximum Gasteiger partial charge on any atom is 0.257 e. The number of carbonyl (C=O) groups excluding carboxylic acids is 1. The topological polar surface area (TPSA) is 64.1 Å². The van der Waals surface area contributed by atoms with E-state index >= 15 is 0 Å². The molecule has 122 valence electrons. The molecule has 0 spiro atoms. The molecule has 0 bridgehead atoms. The van der Waals surface area contributed by atoms with E-state index in [1.165, 1.54) is 16.4 Å². The van der Waals surface area contributed by atoms with Gasteiger partial charge in [-0.05, 0) is 43.3 Å². The van der Waals surface area contributed by atoms with Crippen LogP contribution in [0.15, 0.2) is 49.1 Å². The first kappa shape index (κ1) is 16.4. The number of benzene rings is 1. The van der Waals surface area contributed by atoms with Crippen LogP contribution < -0.4 is 10.1 Å². The average molecular weight is 357 g/mol. The van der Waals surface area contributed by atoms with Crippen LogP contribution in [0.4, 0.5) is 5.13 Å². The third-order valence-corrected chi connectivity index (χ3v) is 4.72. The molecule has 0 saturated heterocycles. The van der Waals surface area contributed by atoms with Crippen LogP contribution in [0.5, 0.6) is 5.75 Å². The lowest BCUT2D eigenvalue weighted by atomic mass is 10.2. The largest absolute Gasteiger partial charge is 0.490 e. The lowest BCUT2D eigenvalue weighted by Crippen LogP contribution is -2.11. The van der Waals surface area contributed by atoms with Gasteiger partial charge in [-0.3, -0.25) is 10.1 Å². The highest BCUT2D eigenvalue weighted by Gasteiger charge is 2.12. The summed E-state index contributed by atoms with van der Waals surface area (Å²) in [4.78, 5) is 18.8. The zero-order chi connectivity index (χ0) is 16.9. The van der Waals surface area contributed by atoms with E-state index in [1.807, 2.05) is 19.1 Å². The number of nitrogens with one attached hydrogen (secondary N) is 1. The first-order valence-corrected chi connectivity index (χ1v) is 8.80. The Balaban J connectivity index is 1.66. The SMILES string of the molecule is C=CCOc1ccc(C(=O)Nc2nc(-c3ccc(C)s3)ns2)cc1. The number of hydrogen-bond acceptors (Lipinski definition) is 6. The molecule has 1 aromatic carbocycles. The van der Waals surface area contributed by atoms with Crippen LogP contribution >= 0.6 is 22.9 Å². The van der Waals surface area contributed by atoms with Gasteiger partial charge in [0, 0.05) is 22.0 Å². The summed E-state index contributed by atoms with van der Waals surface area (Å²) in [5.74, 6) is 1.11. The number of thiophene rings is 1. The van der Waals surface area contributed by atoms with E-state index < -0.39 is 0 Å². The van der Waals surface area contributed by atoms with E-state index in [1.54, 1.807) is 41.7 Å². The lowest BCUT2D eigenvalue weighted by Gasteiger charge is -2.04. The summed E-state index contributed by atoms with van der Waals surface area (Å²) >= 11 is 2.79. The highest BCUT2D eigenvalue weighted by atomic mass is 32.1. The third kappa shape index (κ3) is 3.87. The average Bonchev–Trinajstić information content (AvgIpc) is 3.22. The van der Waals surface area contributed by atoms with Gasteiger partial charge in [0.25, 0.3) is 5.91 Å². The van der Waals surface area contributed by atoms with Gasteiger partial charge >= 0.3 is 0 Å². The molecule has 0 fully saturated rings. The minimum Gasteiger partial charge on any atom is -0.490 e. The van der Waals surface area contributed by atoms with E-state index in [0.29, 0.717) is 28.9 Å². The number of carbonyl (C=O) groups is 1. The molecule has 24 heavy (non-hydrogen) atoms. The Hall–Kier alpha value is -2.51. The monoisotopic (exact) mass is 357 g/mol. The Labute approximate surface area is 147 Å². The van der Waals surface area contributed by atoms with Gasteiger partial charge in [0.15, 0.2) is 5.82 Å². The smallest absolute Gasteiger partial charge is 0.257 e. The van der Waals surface area contributed by atoms with Gasteiger partial charge in [-0.25, -0.2) is 0 Å². The van der Waals surface area contributed by atoms with Crippen molar-refractivity contribution in [1.29, 1.82) is 0 Å². The van der Waals surface area contributed by atoms with Crippen molar-refractivity contribution in [2.24, 2.45) is 0 Å². The van der Waals surface area contributed by atoms with Crippen molar-refractivity contribution in [3.63, 3.8) is 0 Å². The predicted octanol–water partition coefficient (Wildman–Crippen LogP) is 4.39. The number of nitrogens with zero attached hydrogens (tertiary/aromatic N) is 2. The normalized spacial score (nSPS) is 10.4. The van der Waals surface area contributed by atoms with Crippen LogP contribution in [-0.4, -0.2) is 21.9 Å². The third-order valence-electron chi connectivity index (χ3n) is 3.09. The number of ether oxygens (including phenoxy) is 1. The van der Waals surface area contributed by atoms with Gasteiger partial charge < -0.3 is 4.74 Å². The molecule has 0 radical (unpaired) electrons. The molecule has 0 aliphatic carbocycles. The van der Waals surface area contributed by atoms with Crippen molar-refractivity contribution in [3.05, 3.63) is 59.5 Å². The van der Waals surface area contributed by atoms with Gasteiger partial charge in [0.1, 0.15) is 12.4 Å². The molecule has 0 saturated carbocycles. The molecule has 0 unspecified atom stereocenters. The molecular weight excluding hydrogens is 342 g/mol. The summed E-state index contributed by atoms with van der Waals surface area (Å²) < 4.78 is 9.68. The summed E-state index contributed by atoms with van der Waals surface area (Å²) in [6, 6.07) is 10.9. The molecule has 2 aromatic heterocycles. The Morgan fingerprint density at radius 3 is 2.75 bits per heavy atom. The fourth-order valence-electron chi connectivity index (χ4n) is 1.96. The summed E-state index contributed by atoms with van der Waals surface area (Å²) in [7, 11) is 0. The van der Waals surface area contributed by atoms with Gasteiger partial charge in [-0.2, -0.15) is 9.36 Å². The minimum atomic E-state index is -0.227. The Bertz CT molecular complexity index is 853. The van der Waals surface area contributed by atoms with Crippen molar-refractivity contribution in [1.82, 2.24) is 9.36 Å². The van der Waals surface area contributed by atoms with Crippen LogP contribution in [0.1, 0.15) is 15.2 Å². The van der Waals surface area contributed by atoms with Gasteiger partial charge in [0.05, 0.1) is 4.88 Å². The van der Waals surface area contributed by atoms with Gasteiger partial charge in [-0.1, -0.05) is 12.7 Å². The van der Waals surface area contributed by atoms with E-state index in [0.717, 1.165) is 4.88 Å². The van der Waals surface area contributed by atoms with Crippen LogP contribution in [-0.2, 0) is 0 Å². The van der Waals surface area contributed by atoms with Crippen LogP contribution in [0.25, 0.3) is 10.7 Å². The van der Waals surface area contributed by atoms with E-state index in [9.17, 15) is 4.79 Å². The number of rotatable bonds is 6. The lowest BCUT2D eigenvalue weighted by molar-refractivity contribution is 0.102. The van der Waals surface area contributed by atoms with E-state index in [-0.39, 0.29) is 5.91 Å². The minimum absolute atomic E-state index is 0.227. The molecule has 1 N–H and O–H groups in total. The fraction of sp³-hybridized carbons (Fsp3) is 0.118. The Kier molecular flexibility index (Phi) is 5.02. The molecule has 0 aliphatic rings. The second-order valence-electron chi connectivity index (χ2n) is 4.91. The number of anilines is 1. The molecule has 3 aromatic rings. The second-order valence-corrected chi connectivity index (χ2v) is 6.95. The maximum atomic E-state index is 12.3. The quantitative estimate of drug-likeness (QED) is 0.665. The second kappa shape index (κ2) is 7.37. The van der Waals surface area contributed by atoms with Crippen LogP contribution in [0, 0.1) is 6.92 Å². The van der Waals surface area contributed by atoms with Crippen molar-refractivity contribution < 1.29 is 9.53 Å². The number of hydrogen-bond donors (Lipinski definition) is 1. The molecule has 0 atom stereocenters. The molecular formula is C17H15N3O2S2. The Morgan fingerprint density at radius 2 is 2.08 bits per heavy atom. The summed E-state index contributed by atoms with van der Waals surface area (Å²) in [5, 5.41) is 3.25. The van der Waals surface area contributed by atoms with Gasteiger partial charge in [0.2, 0.25) is 5.13 Å². The zero-order valence-corrected chi connectivity index (χ0v) is 14.6. The molecule has 0 aliphatic heterocycles.